The number of nitrogens with one attached hydrogen (secondary N) is 1. The van der Waals surface area contributed by atoms with Crippen LogP contribution in [-0.4, -0.2) is 47.4 Å². The summed E-state index contributed by atoms with van der Waals surface area (Å²) < 4.78 is 5.45. The predicted molar refractivity (Wildman–Crippen MR) is 227 cm³/mol. The van der Waals surface area contributed by atoms with Crippen LogP contribution in [0.2, 0.25) is 0 Å². The van der Waals surface area contributed by atoms with Crippen LogP contribution in [0.15, 0.2) is 12.2 Å². The number of aliphatic hydroxyl groups is 2. The number of hydrogen-bond acceptors (Lipinski definition) is 5. The Morgan fingerprint density at radius 3 is 1.28 bits per heavy atom. The zero-order valence-corrected chi connectivity index (χ0v) is 35.5. The van der Waals surface area contributed by atoms with E-state index in [4.69, 9.17) is 4.74 Å². The van der Waals surface area contributed by atoms with Crippen LogP contribution in [0, 0.1) is 0 Å². The minimum atomic E-state index is -0.858. The molecule has 0 aromatic rings. The molecule has 0 bridgehead atoms. The zero-order chi connectivity index (χ0) is 38.7. The summed E-state index contributed by atoms with van der Waals surface area (Å²) in [6.45, 7) is 4.81. The molecule has 0 aromatic carbocycles. The van der Waals surface area contributed by atoms with Gasteiger partial charge in [-0.2, -0.15) is 0 Å². The fourth-order valence-electron chi connectivity index (χ4n) is 7.16. The zero-order valence-electron chi connectivity index (χ0n) is 35.5. The number of aliphatic hydroxyl groups excluding tert-OH is 2. The molecule has 0 aliphatic rings. The highest BCUT2D eigenvalue weighted by Crippen LogP contribution is 2.16. The van der Waals surface area contributed by atoms with Gasteiger partial charge in [0.2, 0.25) is 5.91 Å². The van der Waals surface area contributed by atoms with Gasteiger partial charge in [-0.15, -0.1) is 0 Å². The second-order valence-corrected chi connectivity index (χ2v) is 16.1. The smallest absolute Gasteiger partial charge is 0.305 e. The van der Waals surface area contributed by atoms with Gasteiger partial charge in [-0.3, -0.25) is 9.59 Å². The Bertz CT molecular complexity index is 787. The van der Waals surface area contributed by atoms with Crippen LogP contribution in [-0.2, 0) is 14.3 Å². The lowest BCUT2D eigenvalue weighted by atomic mass is 10.0. The van der Waals surface area contributed by atoms with Gasteiger partial charge in [0.05, 0.1) is 25.4 Å². The highest BCUT2D eigenvalue weighted by molar-refractivity contribution is 5.76. The van der Waals surface area contributed by atoms with Gasteiger partial charge in [-0.1, -0.05) is 219 Å². The van der Waals surface area contributed by atoms with E-state index < -0.39 is 12.1 Å². The first-order chi connectivity index (χ1) is 26.0. The van der Waals surface area contributed by atoms with Crippen molar-refractivity contribution in [1.29, 1.82) is 0 Å². The van der Waals surface area contributed by atoms with Crippen LogP contribution in [0.4, 0.5) is 0 Å². The Labute approximate surface area is 329 Å². The van der Waals surface area contributed by atoms with E-state index in [1.165, 1.54) is 167 Å². The molecule has 2 atom stereocenters. The summed E-state index contributed by atoms with van der Waals surface area (Å²) in [5.74, 6) is -0.121. The molecule has 6 heteroatoms. The van der Waals surface area contributed by atoms with Crippen molar-refractivity contribution in [3.8, 4) is 0 Å². The molecule has 0 spiro atoms. The number of rotatable bonds is 43. The lowest BCUT2D eigenvalue weighted by molar-refractivity contribution is -0.143. The molecule has 0 saturated heterocycles. The molecule has 53 heavy (non-hydrogen) atoms. The fourth-order valence-corrected chi connectivity index (χ4v) is 7.16. The van der Waals surface area contributed by atoms with E-state index in [0.717, 1.165) is 57.8 Å². The third-order valence-corrected chi connectivity index (χ3v) is 10.8. The van der Waals surface area contributed by atoms with Crippen molar-refractivity contribution >= 4 is 11.9 Å². The maximum absolute atomic E-state index is 12.3. The highest BCUT2D eigenvalue weighted by Gasteiger charge is 2.18. The summed E-state index contributed by atoms with van der Waals surface area (Å²) in [6, 6.07) is -0.644. The molecule has 2 unspecified atom stereocenters. The molecule has 3 N–H and O–H groups in total. The largest absolute Gasteiger partial charge is 0.466 e. The van der Waals surface area contributed by atoms with Crippen molar-refractivity contribution in [3.05, 3.63) is 12.2 Å². The topological polar surface area (TPSA) is 95.9 Å². The van der Waals surface area contributed by atoms with E-state index >= 15 is 0 Å². The van der Waals surface area contributed by atoms with E-state index in [1.54, 1.807) is 6.08 Å². The SMILES string of the molecule is CCCCCCCCC/C=C/C(O)C(CO)NC(=O)CCCCCCCCCCCOC(=O)CCCCCCCCCCCCCCCCCCCC. The van der Waals surface area contributed by atoms with Crippen molar-refractivity contribution in [2.45, 2.75) is 264 Å². The molecule has 0 radical (unpaired) electrons. The first-order valence-corrected chi connectivity index (χ1v) is 23.5. The summed E-state index contributed by atoms with van der Waals surface area (Å²) in [4.78, 5) is 24.4. The molecule has 0 fully saturated rings. The lowest BCUT2D eigenvalue weighted by Crippen LogP contribution is -2.45. The van der Waals surface area contributed by atoms with E-state index in [0.29, 0.717) is 19.4 Å². The van der Waals surface area contributed by atoms with Gasteiger partial charge < -0.3 is 20.3 Å². The number of hydrogen-bond donors (Lipinski definition) is 3. The summed E-state index contributed by atoms with van der Waals surface area (Å²) in [6.07, 6.45) is 47.8. The molecule has 314 valence electrons. The minimum absolute atomic E-state index is 0.0239. The maximum atomic E-state index is 12.3. The average molecular weight is 750 g/mol. The van der Waals surface area contributed by atoms with Crippen LogP contribution < -0.4 is 5.32 Å². The molecule has 0 aliphatic carbocycles. The first-order valence-electron chi connectivity index (χ1n) is 23.5. The maximum Gasteiger partial charge on any atom is 0.305 e. The molecule has 1 amide bonds. The summed E-state index contributed by atoms with van der Waals surface area (Å²) in [7, 11) is 0. The summed E-state index contributed by atoms with van der Waals surface area (Å²) in [5, 5.41) is 22.8. The Morgan fingerprint density at radius 2 is 0.868 bits per heavy atom. The van der Waals surface area contributed by atoms with Crippen molar-refractivity contribution in [2.75, 3.05) is 13.2 Å². The van der Waals surface area contributed by atoms with Gasteiger partial charge in [-0.05, 0) is 32.1 Å². The second kappa shape index (κ2) is 43.3. The first kappa shape index (κ1) is 51.6. The normalized spacial score (nSPS) is 12.8. The third kappa shape index (κ3) is 40.1. The molecular formula is C47H91NO5. The fraction of sp³-hybridized carbons (Fsp3) is 0.915. The van der Waals surface area contributed by atoms with Crippen LogP contribution >= 0.6 is 0 Å². The quantitative estimate of drug-likeness (QED) is 0.0328. The molecule has 0 saturated carbocycles. The second-order valence-electron chi connectivity index (χ2n) is 16.1. The molecule has 6 nitrogen and oxygen atoms in total. The van der Waals surface area contributed by atoms with Gasteiger partial charge >= 0.3 is 5.97 Å². The van der Waals surface area contributed by atoms with Crippen molar-refractivity contribution in [1.82, 2.24) is 5.32 Å². The lowest BCUT2D eigenvalue weighted by Gasteiger charge is -2.20. The van der Waals surface area contributed by atoms with Crippen LogP contribution in [0.1, 0.15) is 251 Å². The number of ether oxygens (including phenoxy) is 1. The molecule has 0 heterocycles. The average Bonchev–Trinajstić information content (AvgIpc) is 3.16. The molecule has 0 rings (SSSR count). The van der Waals surface area contributed by atoms with Gasteiger partial charge in [0, 0.05) is 12.8 Å². The molecule has 0 aliphatic heterocycles. The number of amides is 1. The van der Waals surface area contributed by atoms with Crippen LogP contribution in [0.3, 0.4) is 0 Å². The van der Waals surface area contributed by atoms with Crippen molar-refractivity contribution < 1.29 is 24.5 Å². The Balaban J connectivity index is 3.45. The van der Waals surface area contributed by atoms with E-state index in [-0.39, 0.29) is 18.5 Å². The van der Waals surface area contributed by atoms with Gasteiger partial charge in [0.1, 0.15) is 0 Å². The van der Waals surface area contributed by atoms with E-state index in [9.17, 15) is 19.8 Å². The standard InChI is InChI=1S/C47H91NO5/c1-3-5-7-9-11-13-14-15-16-17-18-19-20-21-25-29-33-37-41-47(52)53-42-38-34-30-26-22-24-28-32-36-40-46(51)48-44(43-49)45(50)39-35-31-27-23-12-10-8-6-4-2/h35,39,44-45,49-50H,3-34,36-38,40-43H2,1-2H3,(H,48,51)/b39-35+. The Kier molecular flexibility index (Phi) is 42.2. The van der Waals surface area contributed by atoms with E-state index in [2.05, 4.69) is 19.2 Å². The predicted octanol–water partition coefficient (Wildman–Crippen LogP) is 13.4. The number of carbonyl (C=O) groups excluding carboxylic acids is 2. The third-order valence-electron chi connectivity index (χ3n) is 10.8. The van der Waals surface area contributed by atoms with Crippen LogP contribution in [0.5, 0.6) is 0 Å². The van der Waals surface area contributed by atoms with Crippen molar-refractivity contribution in [2.24, 2.45) is 0 Å². The summed E-state index contributed by atoms with van der Waals surface area (Å²) >= 11 is 0. The Morgan fingerprint density at radius 1 is 0.509 bits per heavy atom. The molecule has 0 aromatic heterocycles. The van der Waals surface area contributed by atoms with Gasteiger partial charge in [0.15, 0.2) is 0 Å². The van der Waals surface area contributed by atoms with E-state index in [1.807, 2.05) is 6.08 Å². The number of allylic oxidation sites excluding steroid dienone is 1. The highest BCUT2D eigenvalue weighted by atomic mass is 16.5. The monoisotopic (exact) mass is 750 g/mol. The number of esters is 1. The molecular weight excluding hydrogens is 659 g/mol. The van der Waals surface area contributed by atoms with Gasteiger partial charge in [-0.25, -0.2) is 0 Å². The van der Waals surface area contributed by atoms with Gasteiger partial charge in [0.25, 0.3) is 0 Å². The summed E-state index contributed by atoms with van der Waals surface area (Å²) in [5.41, 5.74) is 0. The number of unbranched alkanes of at least 4 members (excludes halogenated alkanes) is 32. The number of carbonyl (C=O) groups is 2. The van der Waals surface area contributed by atoms with Crippen molar-refractivity contribution in [3.63, 3.8) is 0 Å². The minimum Gasteiger partial charge on any atom is -0.466 e. The van der Waals surface area contributed by atoms with Crippen LogP contribution in [0.25, 0.3) is 0 Å². The Hall–Kier alpha value is -1.40.